The molecular formula is C30H33N7O5S. The highest BCUT2D eigenvalue weighted by atomic mass is 32.2. The molecule has 12 nitrogen and oxygen atoms in total. The SMILES string of the molecule is CCOC(=O)N=S(C)(=O)c1ccc(Nc2ncc(-c3ccc(NC(=O)Nc4ccccc4)cc3)c(NC(C)CO)n2)cc1. The van der Waals surface area contributed by atoms with E-state index < -0.39 is 15.8 Å². The lowest BCUT2D eigenvalue weighted by molar-refractivity contribution is 0.164. The number of benzene rings is 3. The van der Waals surface area contributed by atoms with Gasteiger partial charge in [-0.3, -0.25) is 0 Å². The molecule has 0 aliphatic carbocycles. The van der Waals surface area contributed by atoms with Crippen molar-refractivity contribution in [1.82, 2.24) is 9.97 Å². The molecule has 0 aliphatic rings. The second-order valence-corrected chi connectivity index (χ2v) is 11.7. The van der Waals surface area contributed by atoms with Crippen molar-refractivity contribution in [3.05, 3.63) is 85.1 Å². The Morgan fingerprint density at radius 3 is 2.21 bits per heavy atom. The number of carbonyl (C=O) groups excluding carboxylic acids is 2. The maximum atomic E-state index is 12.9. The first-order chi connectivity index (χ1) is 20.7. The first kappa shape index (κ1) is 30.9. The zero-order valence-electron chi connectivity index (χ0n) is 23.9. The van der Waals surface area contributed by atoms with Crippen molar-refractivity contribution in [3.63, 3.8) is 0 Å². The molecule has 3 amide bonds. The van der Waals surface area contributed by atoms with Crippen molar-refractivity contribution >= 4 is 50.7 Å². The van der Waals surface area contributed by atoms with Crippen molar-refractivity contribution in [2.75, 3.05) is 40.7 Å². The number of hydrogen-bond acceptors (Lipinski definition) is 9. The average Bonchev–Trinajstić information content (AvgIpc) is 2.98. The highest BCUT2D eigenvalue weighted by Crippen LogP contribution is 2.29. The predicted molar refractivity (Wildman–Crippen MR) is 168 cm³/mol. The molecule has 1 aromatic heterocycles. The van der Waals surface area contributed by atoms with E-state index in [0.29, 0.717) is 33.3 Å². The lowest BCUT2D eigenvalue weighted by Gasteiger charge is -2.17. The van der Waals surface area contributed by atoms with Crippen LogP contribution in [0.25, 0.3) is 11.1 Å². The Morgan fingerprint density at radius 1 is 0.953 bits per heavy atom. The summed E-state index contributed by atoms with van der Waals surface area (Å²) in [5, 5.41) is 21.5. The fourth-order valence-corrected chi connectivity index (χ4v) is 4.94. The zero-order valence-corrected chi connectivity index (χ0v) is 24.7. The number of para-hydroxylation sites is 1. The van der Waals surface area contributed by atoms with Gasteiger partial charge in [0.2, 0.25) is 5.95 Å². The van der Waals surface area contributed by atoms with Crippen molar-refractivity contribution in [2.45, 2.75) is 24.8 Å². The predicted octanol–water partition coefficient (Wildman–Crippen LogP) is 5.94. The number of nitrogens with one attached hydrogen (secondary N) is 4. The molecule has 43 heavy (non-hydrogen) atoms. The van der Waals surface area contributed by atoms with E-state index in [2.05, 4.69) is 35.6 Å². The zero-order chi connectivity index (χ0) is 30.8. The third kappa shape index (κ3) is 8.74. The molecule has 0 aliphatic heterocycles. The molecule has 0 saturated heterocycles. The Morgan fingerprint density at radius 2 is 1.58 bits per heavy atom. The van der Waals surface area contributed by atoms with E-state index in [4.69, 9.17) is 4.74 Å². The minimum Gasteiger partial charge on any atom is -0.448 e. The average molecular weight is 604 g/mol. The molecule has 2 atom stereocenters. The summed E-state index contributed by atoms with van der Waals surface area (Å²) in [5.74, 6) is 0.775. The normalized spacial score (nSPS) is 12.7. The maximum absolute atomic E-state index is 12.9. The van der Waals surface area contributed by atoms with E-state index >= 15 is 0 Å². The van der Waals surface area contributed by atoms with Gasteiger partial charge in [-0.2, -0.15) is 4.98 Å². The van der Waals surface area contributed by atoms with Gasteiger partial charge in [-0.25, -0.2) is 18.8 Å². The molecule has 0 bridgehead atoms. The van der Waals surface area contributed by atoms with Gasteiger partial charge in [-0.1, -0.05) is 30.3 Å². The molecule has 2 unspecified atom stereocenters. The number of rotatable bonds is 10. The molecule has 0 fully saturated rings. The summed E-state index contributed by atoms with van der Waals surface area (Å²) in [5.41, 5.74) is 3.38. The van der Waals surface area contributed by atoms with Gasteiger partial charge < -0.3 is 31.1 Å². The monoisotopic (exact) mass is 603 g/mol. The lowest BCUT2D eigenvalue weighted by atomic mass is 10.1. The summed E-state index contributed by atoms with van der Waals surface area (Å²) in [6, 6.07) is 22.3. The summed E-state index contributed by atoms with van der Waals surface area (Å²) in [7, 11) is -2.97. The third-order valence-corrected chi connectivity index (χ3v) is 7.64. The van der Waals surface area contributed by atoms with Gasteiger partial charge in [-0.05, 0) is 67.9 Å². The standard InChI is InChI=1S/C30H33N7O5S/c1-4-42-30(40)37-43(3,41)25-16-14-23(15-17-25)33-28-31-18-26(27(36-28)32-20(2)19-38)21-10-12-24(13-11-21)35-29(39)34-22-8-6-5-7-9-22/h5-18,20,38H,4,19H2,1-3H3,(H2,34,35,39)(H2,31,32,33,36). The highest BCUT2D eigenvalue weighted by molar-refractivity contribution is 7.93. The number of hydrogen-bond donors (Lipinski definition) is 5. The Hall–Kier alpha value is -5.01. The number of urea groups is 1. The van der Waals surface area contributed by atoms with E-state index in [0.717, 1.165) is 5.56 Å². The number of nitrogens with zero attached hydrogens (tertiary/aromatic N) is 3. The smallest absolute Gasteiger partial charge is 0.442 e. The Balaban J connectivity index is 1.51. The third-order valence-electron chi connectivity index (χ3n) is 6.00. The van der Waals surface area contributed by atoms with Crippen LogP contribution in [0.5, 0.6) is 0 Å². The largest absolute Gasteiger partial charge is 0.448 e. The quantitative estimate of drug-likeness (QED) is 0.147. The van der Waals surface area contributed by atoms with Crippen LogP contribution < -0.4 is 21.3 Å². The first-order valence-corrected chi connectivity index (χ1v) is 15.3. The lowest BCUT2D eigenvalue weighted by Crippen LogP contribution is -2.21. The second-order valence-electron chi connectivity index (χ2n) is 9.45. The molecule has 0 radical (unpaired) electrons. The van der Waals surface area contributed by atoms with E-state index in [9.17, 15) is 18.9 Å². The van der Waals surface area contributed by atoms with Gasteiger partial charge in [0.1, 0.15) is 5.82 Å². The Kier molecular flexibility index (Phi) is 10.3. The van der Waals surface area contributed by atoms with Crippen LogP contribution in [-0.2, 0) is 14.5 Å². The van der Waals surface area contributed by atoms with Gasteiger partial charge in [0, 0.05) is 46.0 Å². The molecule has 0 saturated carbocycles. The minimum absolute atomic E-state index is 0.111. The number of aromatic nitrogens is 2. The van der Waals surface area contributed by atoms with Crippen molar-refractivity contribution < 1.29 is 23.6 Å². The van der Waals surface area contributed by atoms with Crippen LogP contribution in [0.2, 0.25) is 0 Å². The number of aliphatic hydroxyl groups excluding tert-OH is 1. The van der Waals surface area contributed by atoms with Crippen LogP contribution in [-0.4, -0.2) is 56.9 Å². The number of aliphatic hydroxyl groups is 1. The van der Waals surface area contributed by atoms with Crippen LogP contribution in [0.1, 0.15) is 13.8 Å². The first-order valence-electron chi connectivity index (χ1n) is 13.4. The number of ether oxygens (including phenoxy) is 1. The van der Waals surface area contributed by atoms with Crippen LogP contribution in [0, 0.1) is 0 Å². The minimum atomic E-state index is -2.97. The van der Waals surface area contributed by atoms with Crippen molar-refractivity contribution in [2.24, 2.45) is 4.36 Å². The van der Waals surface area contributed by atoms with Crippen LogP contribution in [0.15, 0.2) is 94.3 Å². The van der Waals surface area contributed by atoms with Gasteiger partial charge >= 0.3 is 12.1 Å². The molecule has 224 valence electrons. The summed E-state index contributed by atoms with van der Waals surface area (Å²) >= 11 is 0. The van der Waals surface area contributed by atoms with Gasteiger partial charge in [-0.15, -0.1) is 4.36 Å². The van der Waals surface area contributed by atoms with Crippen molar-refractivity contribution in [3.8, 4) is 11.1 Å². The molecule has 13 heteroatoms. The van der Waals surface area contributed by atoms with Crippen molar-refractivity contribution in [1.29, 1.82) is 0 Å². The fraction of sp³-hybridized carbons (Fsp3) is 0.200. The fourth-order valence-electron chi connectivity index (χ4n) is 3.86. The molecule has 1 heterocycles. The number of carbonyl (C=O) groups is 2. The maximum Gasteiger partial charge on any atom is 0.442 e. The summed E-state index contributed by atoms with van der Waals surface area (Å²) in [4.78, 5) is 33.5. The molecule has 0 spiro atoms. The summed E-state index contributed by atoms with van der Waals surface area (Å²) in [6.45, 7) is 3.50. The van der Waals surface area contributed by atoms with Crippen LogP contribution >= 0.6 is 0 Å². The Bertz CT molecular complexity index is 1670. The van der Waals surface area contributed by atoms with Gasteiger partial charge in [0.05, 0.1) is 22.9 Å². The van der Waals surface area contributed by atoms with Crippen LogP contribution in [0.3, 0.4) is 0 Å². The van der Waals surface area contributed by atoms with Gasteiger partial charge in [0.15, 0.2) is 0 Å². The van der Waals surface area contributed by atoms with E-state index in [-0.39, 0.29) is 31.2 Å². The van der Waals surface area contributed by atoms with E-state index in [1.807, 2.05) is 37.3 Å². The summed E-state index contributed by atoms with van der Waals surface area (Å²) in [6.07, 6.45) is 2.15. The van der Waals surface area contributed by atoms with E-state index in [1.165, 1.54) is 6.26 Å². The summed E-state index contributed by atoms with van der Waals surface area (Å²) < 4.78 is 21.3. The molecule has 5 N–H and O–H groups in total. The molecule has 3 aromatic carbocycles. The van der Waals surface area contributed by atoms with Crippen LogP contribution in [0.4, 0.5) is 38.4 Å². The molecule has 4 rings (SSSR count). The molecule has 4 aromatic rings. The number of amides is 3. The van der Waals surface area contributed by atoms with E-state index in [1.54, 1.807) is 61.7 Å². The molecular weight excluding hydrogens is 570 g/mol. The Labute approximate surface area is 250 Å². The number of anilines is 5. The van der Waals surface area contributed by atoms with Gasteiger partial charge in [0.25, 0.3) is 0 Å². The topological polar surface area (TPSA) is 167 Å². The highest BCUT2D eigenvalue weighted by Gasteiger charge is 2.14. The second kappa shape index (κ2) is 14.2.